The van der Waals surface area contributed by atoms with E-state index in [-0.39, 0.29) is 5.57 Å². The highest BCUT2D eigenvalue weighted by Crippen LogP contribution is 2.21. The number of cyclic esters (lactones) is 2. The Morgan fingerprint density at radius 1 is 1.18 bits per heavy atom. The first kappa shape index (κ1) is 13.5. The van der Waals surface area contributed by atoms with Crippen LogP contribution in [0.25, 0.3) is 0 Å². The number of carbonyl (C=O) groups excluding carboxylic acids is 2. The zero-order chi connectivity index (χ0) is 12.9. The van der Waals surface area contributed by atoms with Gasteiger partial charge in [-0.2, -0.15) is 0 Å². The van der Waals surface area contributed by atoms with E-state index in [2.05, 4.69) is 12.2 Å². The quantitative estimate of drug-likeness (QED) is 0.342. The molecule has 0 saturated carbocycles. The number of hydrogen-bond acceptors (Lipinski definition) is 5. The van der Waals surface area contributed by atoms with Gasteiger partial charge in [0.25, 0.3) is 5.79 Å². The molecule has 0 unspecified atom stereocenters. The normalized spacial score (nSPS) is 18.4. The predicted octanol–water partition coefficient (Wildman–Crippen LogP) is 1.49. The number of carbonyl (C=O) groups is 2. The number of ether oxygens (including phenoxy) is 2. The van der Waals surface area contributed by atoms with Gasteiger partial charge in [-0.15, -0.1) is 0 Å². The van der Waals surface area contributed by atoms with Crippen molar-refractivity contribution in [2.45, 2.75) is 45.8 Å². The number of hydrogen-bond donors (Lipinski definition) is 1. The molecule has 5 nitrogen and oxygen atoms in total. The van der Waals surface area contributed by atoms with Gasteiger partial charge >= 0.3 is 11.9 Å². The average molecular weight is 241 g/mol. The van der Waals surface area contributed by atoms with E-state index in [1.807, 2.05) is 0 Å². The zero-order valence-corrected chi connectivity index (χ0v) is 10.5. The van der Waals surface area contributed by atoms with Crippen LogP contribution in [0, 0.1) is 0 Å². The third kappa shape index (κ3) is 4.09. The maximum absolute atomic E-state index is 11.5. The molecule has 0 radical (unpaired) electrons. The van der Waals surface area contributed by atoms with Gasteiger partial charge < -0.3 is 14.8 Å². The number of nitrogens with one attached hydrogen (secondary N) is 1. The smallest absolute Gasteiger partial charge is 0.350 e. The Balaban J connectivity index is 2.50. The Labute approximate surface area is 101 Å². The fourth-order valence-corrected chi connectivity index (χ4v) is 1.43. The topological polar surface area (TPSA) is 64.6 Å². The van der Waals surface area contributed by atoms with Crippen LogP contribution in [0.4, 0.5) is 0 Å². The van der Waals surface area contributed by atoms with Gasteiger partial charge in [0.1, 0.15) is 0 Å². The summed E-state index contributed by atoms with van der Waals surface area (Å²) in [7, 11) is 0. The largest absolute Gasteiger partial charge is 0.419 e. The maximum Gasteiger partial charge on any atom is 0.350 e. The molecule has 1 aliphatic rings. The SMILES string of the molecule is CCCCCNC=C1C(=O)OC(C)(C)OC1=O. The number of unbranched alkanes of at least 4 members (excludes halogenated alkanes) is 2. The minimum Gasteiger partial charge on any atom is -0.419 e. The molecule has 5 heteroatoms. The standard InChI is InChI=1S/C12H19NO4/c1-4-5-6-7-13-8-9-10(14)16-12(2,3)17-11(9)15/h8,13H,4-7H2,1-3H3. The summed E-state index contributed by atoms with van der Waals surface area (Å²) in [5.74, 6) is -2.46. The summed E-state index contributed by atoms with van der Waals surface area (Å²) in [5, 5.41) is 2.91. The molecule has 0 aromatic rings. The van der Waals surface area contributed by atoms with Gasteiger partial charge in [-0.3, -0.25) is 0 Å². The van der Waals surface area contributed by atoms with Crippen LogP contribution >= 0.6 is 0 Å². The number of rotatable bonds is 5. The van der Waals surface area contributed by atoms with Gasteiger partial charge in [-0.1, -0.05) is 19.8 Å². The van der Waals surface area contributed by atoms with Crippen LogP contribution in [-0.4, -0.2) is 24.3 Å². The van der Waals surface area contributed by atoms with Gasteiger partial charge in [-0.25, -0.2) is 9.59 Å². The van der Waals surface area contributed by atoms with Crippen molar-refractivity contribution in [3.8, 4) is 0 Å². The molecule has 1 fully saturated rings. The summed E-state index contributed by atoms with van der Waals surface area (Å²) in [4.78, 5) is 23.0. The lowest BCUT2D eigenvalue weighted by Crippen LogP contribution is -2.42. The van der Waals surface area contributed by atoms with Crippen LogP contribution in [0.15, 0.2) is 11.8 Å². The van der Waals surface area contributed by atoms with E-state index in [1.165, 1.54) is 20.0 Å². The highest BCUT2D eigenvalue weighted by molar-refractivity contribution is 6.15. The van der Waals surface area contributed by atoms with Crippen molar-refractivity contribution >= 4 is 11.9 Å². The Morgan fingerprint density at radius 2 is 1.76 bits per heavy atom. The predicted molar refractivity (Wildman–Crippen MR) is 61.9 cm³/mol. The van der Waals surface area contributed by atoms with E-state index < -0.39 is 17.7 Å². The van der Waals surface area contributed by atoms with Crippen molar-refractivity contribution in [1.82, 2.24) is 5.32 Å². The van der Waals surface area contributed by atoms with E-state index in [0.717, 1.165) is 25.8 Å². The fourth-order valence-electron chi connectivity index (χ4n) is 1.43. The monoisotopic (exact) mass is 241 g/mol. The first-order valence-corrected chi connectivity index (χ1v) is 5.86. The molecule has 0 aliphatic carbocycles. The molecule has 0 amide bonds. The maximum atomic E-state index is 11.5. The molecular formula is C12H19NO4. The Morgan fingerprint density at radius 3 is 2.29 bits per heavy atom. The second-order valence-electron chi connectivity index (χ2n) is 4.40. The molecule has 0 spiro atoms. The van der Waals surface area contributed by atoms with E-state index in [9.17, 15) is 9.59 Å². The third-order valence-electron chi connectivity index (χ3n) is 2.29. The van der Waals surface area contributed by atoms with E-state index in [1.54, 1.807) is 0 Å². The van der Waals surface area contributed by atoms with E-state index in [4.69, 9.17) is 9.47 Å². The fraction of sp³-hybridized carbons (Fsp3) is 0.667. The molecule has 0 aromatic carbocycles. The zero-order valence-electron chi connectivity index (χ0n) is 10.5. The second kappa shape index (κ2) is 5.70. The molecule has 0 aromatic heterocycles. The van der Waals surface area contributed by atoms with Gasteiger partial charge in [0.2, 0.25) is 0 Å². The van der Waals surface area contributed by atoms with E-state index >= 15 is 0 Å². The lowest BCUT2D eigenvalue weighted by Gasteiger charge is -2.29. The van der Waals surface area contributed by atoms with Crippen molar-refractivity contribution in [2.24, 2.45) is 0 Å². The van der Waals surface area contributed by atoms with Crippen LogP contribution in [0.5, 0.6) is 0 Å². The lowest BCUT2D eigenvalue weighted by atomic mass is 10.2. The molecule has 1 heterocycles. The van der Waals surface area contributed by atoms with Crippen LogP contribution in [0.2, 0.25) is 0 Å². The highest BCUT2D eigenvalue weighted by Gasteiger charge is 2.38. The van der Waals surface area contributed by atoms with Crippen molar-refractivity contribution in [2.75, 3.05) is 6.54 Å². The Kier molecular flexibility index (Phi) is 4.54. The van der Waals surface area contributed by atoms with Crippen molar-refractivity contribution < 1.29 is 19.1 Å². The molecule has 17 heavy (non-hydrogen) atoms. The van der Waals surface area contributed by atoms with Crippen LogP contribution in [0.3, 0.4) is 0 Å². The van der Waals surface area contributed by atoms with Crippen molar-refractivity contribution in [1.29, 1.82) is 0 Å². The summed E-state index contributed by atoms with van der Waals surface area (Å²) < 4.78 is 9.89. The van der Waals surface area contributed by atoms with Gasteiger partial charge in [0, 0.05) is 26.6 Å². The summed E-state index contributed by atoms with van der Waals surface area (Å²) in [6.45, 7) is 5.88. The molecule has 0 bridgehead atoms. The molecule has 0 atom stereocenters. The number of esters is 2. The summed E-state index contributed by atoms with van der Waals surface area (Å²) in [6, 6.07) is 0. The molecule has 1 N–H and O–H groups in total. The van der Waals surface area contributed by atoms with Crippen LogP contribution < -0.4 is 5.32 Å². The van der Waals surface area contributed by atoms with Crippen LogP contribution in [0.1, 0.15) is 40.0 Å². The third-order valence-corrected chi connectivity index (χ3v) is 2.29. The molecular weight excluding hydrogens is 222 g/mol. The first-order chi connectivity index (χ1) is 7.96. The minimum atomic E-state index is -1.17. The molecule has 96 valence electrons. The average Bonchev–Trinajstić information content (AvgIpc) is 2.19. The minimum absolute atomic E-state index is 0.0826. The summed E-state index contributed by atoms with van der Waals surface area (Å²) >= 11 is 0. The van der Waals surface area contributed by atoms with Gasteiger partial charge in [0.05, 0.1) is 0 Å². The molecule has 1 aliphatic heterocycles. The van der Waals surface area contributed by atoms with Gasteiger partial charge in [-0.05, 0) is 6.42 Å². The second-order valence-corrected chi connectivity index (χ2v) is 4.40. The van der Waals surface area contributed by atoms with Crippen molar-refractivity contribution in [3.63, 3.8) is 0 Å². The first-order valence-electron chi connectivity index (χ1n) is 5.86. The van der Waals surface area contributed by atoms with Gasteiger partial charge in [0.15, 0.2) is 5.57 Å². The summed E-state index contributed by atoms with van der Waals surface area (Å²) in [6.07, 6.45) is 4.60. The molecule has 1 saturated heterocycles. The van der Waals surface area contributed by atoms with E-state index in [0.29, 0.717) is 0 Å². The Hall–Kier alpha value is -1.52. The molecule has 1 rings (SSSR count). The van der Waals surface area contributed by atoms with Crippen LogP contribution in [-0.2, 0) is 19.1 Å². The summed E-state index contributed by atoms with van der Waals surface area (Å²) in [5.41, 5.74) is -0.0826. The lowest BCUT2D eigenvalue weighted by molar-refractivity contribution is -0.222. The van der Waals surface area contributed by atoms with Crippen molar-refractivity contribution in [3.05, 3.63) is 11.8 Å². The highest BCUT2D eigenvalue weighted by atomic mass is 16.7. The Bertz CT molecular complexity index is 311.